The average Bonchev–Trinajstić information content (AvgIpc) is 2.26. The van der Waals surface area contributed by atoms with Crippen LogP contribution in [0.5, 0.6) is 0 Å². The molecule has 0 radical (unpaired) electrons. The molecule has 0 bridgehead atoms. The number of hydrogen-bond donors (Lipinski definition) is 1. The number of hydrogen-bond acceptors (Lipinski definition) is 1. The quantitative estimate of drug-likeness (QED) is 0.656. The summed E-state index contributed by atoms with van der Waals surface area (Å²) in [5.41, 5.74) is 2.48. The number of likely N-dealkylation sites (N-methyl/N-ethyl adjacent to an activating group) is 1. The van der Waals surface area contributed by atoms with E-state index in [1.807, 2.05) is 6.08 Å². The van der Waals surface area contributed by atoms with Crippen LogP contribution in [0.1, 0.15) is 19.8 Å². The van der Waals surface area contributed by atoms with Crippen molar-refractivity contribution in [2.45, 2.75) is 25.8 Å². The predicted octanol–water partition coefficient (Wildman–Crippen LogP) is 2.98. The Morgan fingerprint density at radius 1 is 1.71 bits per heavy atom. The maximum absolute atomic E-state index is 4.02. The highest BCUT2D eigenvalue weighted by atomic mass is 14.9. The van der Waals surface area contributed by atoms with E-state index in [0.717, 1.165) is 25.0 Å². The summed E-state index contributed by atoms with van der Waals surface area (Å²) in [5.74, 6) is 0. The molecule has 0 saturated carbocycles. The first-order valence-electron chi connectivity index (χ1n) is 5.19. The van der Waals surface area contributed by atoms with Crippen LogP contribution in [0.25, 0.3) is 0 Å². The molecule has 0 aromatic heterocycles. The maximum Gasteiger partial charge on any atom is 0.0533 e. The van der Waals surface area contributed by atoms with Gasteiger partial charge in [-0.1, -0.05) is 44.4 Å². The molecule has 1 heteroatoms. The zero-order chi connectivity index (χ0) is 10.4. The van der Waals surface area contributed by atoms with E-state index in [1.54, 1.807) is 0 Å². The van der Waals surface area contributed by atoms with Gasteiger partial charge in [0.25, 0.3) is 0 Å². The lowest BCUT2D eigenvalue weighted by molar-refractivity contribution is 0.640. The van der Waals surface area contributed by atoms with Crippen LogP contribution >= 0.6 is 0 Å². The van der Waals surface area contributed by atoms with Gasteiger partial charge in [-0.25, -0.2) is 0 Å². The van der Waals surface area contributed by atoms with Gasteiger partial charge in [-0.3, -0.25) is 0 Å². The van der Waals surface area contributed by atoms with Crippen molar-refractivity contribution in [1.82, 2.24) is 5.32 Å². The minimum Gasteiger partial charge on any atom is -0.307 e. The smallest absolute Gasteiger partial charge is 0.0533 e. The Morgan fingerprint density at radius 3 is 3.00 bits per heavy atom. The van der Waals surface area contributed by atoms with E-state index in [1.165, 1.54) is 5.57 Å². The lowest BCUT2D eigenvalue weighted by Crippen LogP contribution is -2.32. The summed E-state index contributed by atoms with van der Waals surface area (Å²) in [4.78, 5) is 0. The van der Waals surface area contributed by atoms with E-state index < -0.39 is 0 Å². The van der Waals surface area contributed by atoms with E-state index in [2.05, 4.69) is 43.6 Å². The van der Waals surface area contributed by atoms with Crippen molar-refractivity contribution < 1.29 is 0 Å². The summed E-state index contributed by atoms with van der Waals surface area (Å²) >= 11 is 0. The van der Waals surface area contributed by atoms with Gasteiger partial charge in [0.2, 0.25) is 0 Å². The van der Waals surface area contributed by atoms with Gasteiger partial charge in [-0.15, -0.1) is 0 Å². The summed E-state index contributed by atoms with van der Waals surface area (Å²) in [6.45, 7) is 10.9. The highest BCUT2D eigenvalue weighted by Gasteiger charge is 2.14. The standard InChI is InChI=1S/C13H19N/c1-4-11(3)13(14-5-2)12-9-7-6-8-10-12/h4,6-7,9,13-14H,1,3,5,8,10H2,2H3. The Labute approximate surface area is 86.9 Å². The molecular formula is C13H19N. The minimum absolute atomic E-state index is 0.280. The van der Waals surface area contributed by atoms with Crippen molar-refractivity contribution in [3.63, 3.8) is 0 Å². The van der Waals surface area contributed by atoms with Crippen molar-refractivity contribution in [2.75, 3.05) is 6.54 Å². The molecule has 1 atom stereocenters. The molecule has 0 heterocycles. The fourth-order valence-corrected chi connectivity index (χ4v) is 1.68. The van der Waals surface area contributed by atoms with Crippen molar-refractivity contribution in [1.29, 1.82) is 0 Å². The molecule has 0 aromatic carbocycles. The molecule has 1 nitrogen and oxygen atoms in total. The number of nitrogens with one attached hydrogen (secondary N) is 1. The van der Waals surface area contributed by atoms with Gasteiger partial charge < -0.3 is 5.32 Å². The fourth-order valence-electron chi connectivity index (χ4n) is 1.68. The topological polar surface area (TPSA) is 12.0 Å². The van der Waals surface area contributed by atoms with E-state index in [4.69, 9.17) is 0 Å². The molecule has 0 fully saturated rings. The van der Waals surface area contributed by atoms with Crippen LogP contribution < -0.4 is 5.32 Å². The molecule has 1 aliphatic carbocycles. The van der Waals surface area contributed by atoms with E-state index >= 15 is 0 Å². The van der Waals surface area contributed by atoms with Crippen LogP contribution in [0, 0.1) is 0 Å². The normalized spacial score (nSPS) is 17.4. The lowest BCUT2D eigenvalue weighted by atomic mass is 9.93. The molecule has 1 rings (SSSR count). The zero-order valence-corrected chi connectivity index (χ0v) is 8.92. The summed E-state index contributed by atoms with van der Waals surface area (Å²) in [6.07, 6.45) is 10.6. The Balaban J connectivity index is 2.75. The Morgan fingerprint density at radius 2 is 2.50 bits per heavy atom. The van der Waals surface area contributed by atoms with Crippen LogP contribution in [0.15, 0.2) is 48.6 Å². The van der Waals surface area contributed by atoms with Crippen molar-refractivity contribution in [3.05, 3.63) is 48.6 Å². The van der Waals surface area contributed by atoms with E-state index in [0.29, 0.717) is 0 Å². The molecule has 76 valence electrons. The van der Waals surface area contributed by atoms with Crippen LogP contribution in [-0.2, 0) is 0 Å². The Hall–Kier alpha value is -1.08. The minimum atomic E-state index is 0.280. The monoisotopic (exact) mass is 189 g/mol. The van der Waals surface area contributed by atoms with Gasteiger partial charge in [0, 0.05) is 0 Å². The second kappa shape index (κ2) is 5.61. The fraction of sp³-hybridized carbons (Fsp3) is 0.385. The first-order chi connectivity index (χ1) is 6.79. The molecule has 14 heavy (non-hydrogen) atoms. The molecule has 1 aliphatic rings. The van der Waals surface area contributed by atoms with E-state index in [-0.39, 0.29) is 6.04 Å². The SMILES string of the molecule is C=CC(=C)C(NCC)C1=CC=CCC1. The van der Waals surface area contributed by atoms with Gasteiger partial charge in [0.1, 0.15) is 0 Å². The summed E-state index contributed by atoms with van der Waals surface area (Å²) in [7, 11) is 0. The largest absolute Gasteiger partial charge is 0.307 e. The van der Waals surface area contributed by atoms with Gasteiger partial charge in [0.05, 0.1) is 6.04 Å². The third-order valence-electron chi connectivity index (χ3n) is 2.46. The molecule has 0 spiro atoms. The molecule has 0 aliphatic heterocycles. The lowest BCUT2D eigenvalue weighted by Gasteiger charge is -2.22. The molecular weight excluding hydrogens is 170 g/mol. The highest BCUT2D eigenvalue weighted by Crippen LogP contribution is 2.20. The first-order valence-corrected chi connectivity index (χ1v) is 5.19. The highest BCUT2D eigenvalue weighted by molar-refractivity contribution is 5.34. The predicted molar refractivity (Wildman–Crippen MR) is 63.3 cm³/mol. The van der Waals surface area contributed by atoms with E-state index in [9.17, 15) is 0 Å². The third kappa shape index (κ3) is 2.71. The number of allylic oxidation sites excluding steroid dienone is 3. The van der Waals surface area contributed by atoms with Gasteiger partial charge >= 0.3 is 0 Å². The molecule has 0 aromatic rings. The maximum atomic E-state index is 4.02. The second-order valence-corrected chi connectivity index (χ2v) is 3.48. The Bertz CT molecular complexity index is 271. The van der Waals surface area contributed by atoms with Crippen LogP contribution in [0.3, 0.4) is 0 Å². The van der Waals surface area contributed by atoms with Crippen LogP contribution in [-0.4, -0.2) is 12.6 Å². The van der Waals surface area contributed by atoms with Crippen molar-refractivity contribution >= 4 is 0 Å². The first kappa shape index (κ1) is 11.0. The number of rotatable bonds is 5. The third-order valence-corrected chi connectivity index (χ3v) is 2.46. The van der Waals surface area contributed by atoms with Crippen molar-refractivity contribution in [3.8, 4) is 0 Å². The van der Waals surface area contributed by atoms with Crippen molar-refractivity contribution in [2.24, 2.45) is 0 Å². The van der Waals surface area contributed by atoms with Crippen LogP contribution in [0.4, 0.5) is 0 Å². The second-order valence-electron chi connectivity index (χ2n) is 3.48. The summed E-state index contributed by atoms with van der Waals surface area (Å²) in [5, 5.41) is 3.43. The Kier molecular flexibility index (Phi) is 4.41. The zero-order valence-electron chi connectivity index (χ0n) is 8.92. The van der Waals surface area contributed by atoms with Gasteiger partial charge in [0.15, 0.2) is 0 Å². The molecule has 0 saturated heterocycles. The summed E-state index contributed by atoms with van der Waals surface area (Å²) in [6, 6.07) is 0.280. The molecule has 0 amide bonds. The van der Waals surface area contributed by atoms with Gasteiger partial charge in [-0.05, 0) is 30.5 Å². The molecule has 1 N–H and O–H groups in total. The van der Waals surface area contributed by atoms with Gasteiger partial charge in [-0.2, -0.15) is 0 Å². The average molecular weight is 189 g/mol. The van der Waals surface area contributed by atoms with Crippen LogP contribution in [0.2, 0.25) is 0 Å². The molecule has 1 unspecified atom stereocenters. The summed E-state index contributed by atoms with van der Waals surface area (Å²) < 4.78 is 0.